The van der Waals surface area contributed by atoms with Gasteiger partial charge in [-0.05, 0) is 37.1 Å². The third-order valence-corrected chi connectivity index (χ3v) is 6.89. The summed E-state index contributed by atoms with van der Waals surface area (Å²) in [6, 6.07) is 6.14. The number of amides is 1. The molecule has 0 saturated carbocycles. The van der Waals surface area contributed by atoms with Crippen LogP contribution in [-0.2, 0) is 14.6 Å². The number of quaternary nitrogens is 1. The number of hydrogen-bond donors (Lipinski definition) is 1. The van der Waals surface area contributed by atoms with Gasteiger partial charge in [0, 0.05) is 6.42 Å². The summed E-state index contributed by atoms with van der Waals surface area (Å²) in [5.41, 5.74) is 2.23. The Labute approximate surface area is 149 Å². The van der Waals surface area contributed by atoms with Crippen molar-refractivity contribution in [2.24, 2.45) is 0 Å². The van der Waals surface area contributed by atoms with Gasteiger partial charge in [0.15, 0.2) is 16.4 Å². The zero-order valence-electron chi connectivity index (χ0n) is 15.0. The van der Waals surface area contributed by atoms with Crippen LogP contribution in [-0.4, -0.2) is 69.6 Å². The first kappa shape index (κ1) is 18.2. The number of carbonyl (C=O) groups is 1. The molecular formula is C18H27N2O4S+. The highest BCUT2D eigenvalue weighted by molar-refractivity contribution is 7.91. The first-order valence-corrected chi connectivity index (χ1v) is 10.7. The minimum atomic E-state index is -2.84. The van der Waals surface area contributed by atoms with Gasteiger partial charge in [-0.3, -0.25) is 4.79 Å². The number of aryl methyl sites for hydroxylation is 2. The lowest BCUT2D eigenvalue weighted by molar-refractivity contribution is -0.925. The van der Waals surface area contributed by atoms with Gasteiger partial charge in [0.05, 0.1) is 31.9 Å². The van der Waals surface area contributed by atoms with Crippen molar-refractivity contribution >= 4 is 15.7 Å². The summed E-state index contributed by atoms with van der Waals surface area (Å²) in [5.74, 6) is 1.34. The molecule has 6 nitrogen and oxygen atoms in total. The van der Waals surface area contributed by atoms with E-state index in [0.717, 1.165) is 36.4 Å². The Morgan fingerprint density at radius 3 is 2.40 bits per heavy atom. The van der Waals surface area contributed by atoms with E-state index in [-0.39, 0.29) is 18.6 Å². The summed E-state index contributed by atoms with van der Waals surface area (Å²) >= 11 is 0. The lowest BCUT2D eigenvalue weighted by Gasteiger charge is -2.34. The number of benzene rings is 1. The van der Waals surface area contributed by atoms with Crippen LogP contribution in [0.3, 0.4) is 0 Å². The molecule has 2 fully saturated rings. The van der Waals surface area contributed by atoms with Crippen molar-refractivity contribution in [3.05, 3.63) is 29.3 Å². The second-order valence-corrected chi connectivity index (χ2v) is 9.48. The van der Waals surface area contributed by atoms with Gasteiger partial charge in [-0.25, -0.2) is 8.42 Å². The molecule has 25 heavy (non-hydrogen) atoms. The van der Waals surface area contributed by atoms with Gasteiger partial charge < -0.3 is 14.5 Å². The summed E-state index contributed by atoms with van der Waals surface area (Å²) in [7, 11) is -2.84. The van der Waals surface area contributed by atoms with Gasteiger partial charge >= 0.3 is 0 Å². The molecule has 7 heteroatoms. The van der Waals surface area contributed by atoms with Crippen LogP contribution in [0.2, 0.25) is 0 Å². The molecule has 138 valence electrons. The highest BCUT2D eigenvalue weighted by Crippen LogP contribution is 2.16. The van der Waals surface area contributed by atoms with Crippen LogP contribution < -0.4 is 9.64 Å². The average Bonchev–Trinajstić information content (AvgIpc) is 2.92. The van der Waals surface area contributed by atoms with Crippen molar-refractivity contribution in [3.8, 4) is 5.75 Å². The molecule has 0 aromatic heterocycles. The Balaban J connectivity index is 1.47. The molecule has 1 aromatic rings. The van der Waals surface area contributed by atoms with Crippen molar-refractivity contribution in [2.45, 2.75) is 26.3 Å². The number of ether oxygens (including phenoxy) is 1. The van der Waals surface area contributed by atoms with Gasteiger partial charge in [0.1, 0.15) is 17.5 Å². The minimum absolute atomic E-state index is 0.00254. The number of nitrogens with one attached hydrogen (secondary N) is 1. The molecule has 0 aliphatic carbocycles. The largest absolute Gasteiger partial charge is 0.484 e. The van der Waals surface area contributed by atoms with Gasteiger partial charge in [0.2, 0.25) is 0 Å². The maximum absolute atomic E-state index is 12.4. The first-order valence-electron chi connectivity index (χ1n) is 8.86. The third-order valence-electron chi connectivity index (χ3n) is 5.13. The van der Waals surface area contributed by atoms with Crippen LogP contribution in [0.4, 0.5) is 0 Å². The molecule has 1 N–H and O–H groups in total. The molecule has 0 spiro atoms. The lowest BCUT2D eigenvalue weighted by atomic mass is 10.1. The van der Waals surface area contributed by atoms with Crippen molar-refractivity contribution in [1.82, 2.24) is 4.90 Å². The Kier molecular flexibility index (Phi) is 5.34. The Bertz CT molecular complexity index is 719. The standard InChI is InChI=1S/C18H26N2O4S/c1-14-9-15(2)11-17(10-14)24-12-18(21)20-6-4-19(5-7-20)16-3-8-25(22,23)13-16/h9-11,16H,3-8,12-13H2,1-2H3/p+1/t16-/m0/s1. The second kappa shape index (κ2) is 7.33. The van der Waals surface area contributed by atoms with E-state index >= 15 is 0 Å². The molecule has 2 saturated heterocycles. The number of sulfone groups is 1. The van der Waals surface area contributed by atoms with Crippen molar-refractivity contribution < 1.29 is 22.8 Å². The van der Waals surface area contributed by atoms with Crippen molar-refractivity contribution in [1.29, 1.82) is 0 Å². The maximum atomic E-state index is 12.4. The van der Waals surface area contributed by atoms with Crippen LogP contribution in [0.5, 0.6) is 5.75 Å². The molecule has 1 atom stereocenters. The molecule has 1 amide bonds. The van der Waals surface area contributed by atoms with Gasteiger partial charge in [-0.1, -0.05) is 6.07 Å². The second-order valence-electron chi connectivity index (χ2n) is 7.25. The van der Waals surface area contributed by atoms with E-state index < -0.39 is 9.84 Å². The van der Waals surface area contributed by atoms with Crippen LogP contribution >= 0.6 is 0 Å². The number of nitrogens with zero attached hydrogens (tertiary/aromatic N) is 1. The predicted octanol–water partition coefficient (Wildman–Crippen LogP) is -0.404. The minimum Gasteiger partial charge on any atom is -0.484 e. The summed E-state index contributed by atoms with van der Waals surface area (Å²) < 4.78 is 28.9. The average molecular weight is 367 g/mol. The molecule has 0 bridgehead atoms. The fourth-order valence-corrected chi connectivity index (χ4v) is 5.65. The predicted molar refractivity (Wildman–Crippen MR) is 95.7 cm³/mol. The van der Waals surface area contributed by atoms with E-state index in [4.69, 9.17) is 4.74 Å². The van der Waals surface area contributed by atoms with E-state index in [9.17, 15) is 13.2 Å². The highest BCUT2D eigenvalue weighted by Gasteiger charge is 2.37. The smallest absolute Gasteiger partial charge is 0.260 e. The molecule has 1 aromatic carbocycles. The van der Waals surface area contributed by atoms with Crippen LogP contribution in [0.1, 0.15) is 17.5 Å². The zero-order chi connectivity index (χ0) is 18.0. The number of hydrogen-bond acceptors (Lipinski definition) is 4. The Hall–Kier alpha value is -1.60. The van der Waals surface area contributed by atoms with Crippen LogP contribution in [0, 0.1) is 13.8 Å². The molecule has 3 rings (SSSR count). The number of piperazine rings is 1. The van der Waals surface area contributed by atoms with E-state index in [1.165, 1.54) is 4.90 Å². The molecule has 0 radical (unpaired) electrons. The maximum Gasteiger partial charge on any atom is 0.260 e. The monoisotopic (exact) mass is 367 g/mol. The normalized spacial score (nSPS) is 23.6. The lowest BCUT2D eigenvalue weighted by Crippen LogP contribution is -3.18. The third kappa shape index (κ3) is 4.73. The van der Waals surface area contributed by atoms with Crippen LogP contribution in [0.15, 0.2) is 18.2 Å². The van der Waals surface area contributed by atoms with Gasteiger partial charge in [-0.15, -0.1) is 0 Å². The van der Waals surface area contributed by atoms with Crippen LogP contribution in [0.25, 0.3) is 0 Å². The quantitative estimate of drug-likeness (QED) is 0.786. The van der Waals surface area contributed by atoms with Gasteiger partial charge in [-0.2, -0.15) is 0 Å². The van der Waals surface area contributed by atoms with E-state index in [1.54, 1.807) is 0 Å². The Morgan fingerprint density at radius 2 is 1.84 bits per heavy atom. The first-order chi connectivity index (χ1) is 11.8. The number of rotatable bonds is 4. The fourth-order valence-electron chi connectivity index (χ4n) is 3.82. The topological polar surface area (TPSA) is 68.1 Å². The zero-order valence-corrected chi connectivity index (χ0v) is 15.8. The van der Waals surface area contributed by atoms with Crippen molar-refractivity contribution in [2.75, 3.05) is 44.3 Å². The highest BCUT2D eigenvalue weighted by atomic mass is 32.2. The fraction of sp³-hybridized carbons (Fsp3) is 0.611. The number of carbonyl (C=O) groups excluding carboxylic acids is 1. The van der Waals surface area contributed by atoms with Crippen molar-refractivity contribution in [3.63, 3.8) is 0 Å². The van der Waals surface area contributed by atoms with E-state index in [1.807, 2.05) is 30.9 Å². The van der Waals surface area contributed by atoms with E-state index in [0.29, 0.717) is 24.6 Å². The Morgan fingerprint density at radius 1 is 1.20 bits per heavy atom. The van der Waals surface area contributed by atoms with Gasteiger partial charge in [0.25, 0.3) is 5.91 Å². The summed E-state index contributed by atoms with van der Waals surface area (Å²) in [6.07, 6.45) is 0.751. The molecular weight excluding hydrogens is 340 g/mol. The summed E-state index contributed by atoms with van der Waals surface area (Å²) in [5, 5.41) is 0. The molecule has 2 aliphatic rings. The van der Waals surface area contributed by atoms with E-state index in [2.05, 4.69) is 6.07 Å². The summed E-state index contributed by atoms with van der Waals surface area (Å²) in [6.45, 7) is 7.03. The molecule has 0 unspecified atom stereocenters. The SMILES string of the molecule is Cc1cc(C)cc(OCC(=O)N2CC[NH+]([C@H]3CCS(=O)(=O)C3)CC2)c1. The molecule has 2 aliphatic heterocycles. The molecule has 2 heterocycles. The summed E-state index contributed by atoms with van der Waals surface area (Å²) in [4.78, 5) is 15.5.